The minimum Gasteiger partial charge on any atom is -0.396 e. The fourth-order valence-corrected chi connectivity index (χ4v) is 3.60. The Bertz CT molecular complexity index is 1280. The average Bonchev–Trinajstić information content (AvgIpc) is 2.91. The molecule has 0 atom stereocenters. The van der Waals surface area contributed by atoms with Crippen molar-refractivity contribution in [2.45, 2.75) is 31.6 Å². The van der Waals surface area contributed by atoms with Crippen LogP contribution in [0.2, 0.25) is 0 Å². The number of aromatic nitrogens is 3. The van der Waals surface area contributed by atoms with Crippen LogP contribution in [0.3, 0.4) is 0 Å². The molecular formula is C22H17F6N5O2. The Hall–Kier alpha value is -3.74. The summed E-state index contributed by atoms with van der Waals surface area (Å²) >= 11 is 0. The minimum atomic E-state index is -4.79. The predicted molar refractivity (Wildman–Crippen MR) is 113 cm³/mol. The van der Waals surface area contributed by atoms with Gasteiger partial charge in [0, 0.05) is 30.1 Å². The molecule has 3 heterocycles. The summed E-state index contributed by atoms with van der Waals surface area (Å²) in [6.45, 7) is -0.153. The lowest BCUT2D eigenvalue weighted by molar-refractivity contribution is -0.140. The van der Waals surface area contributed by atoms with Gasteiger partial charge in [-0.2, -0.15) is 26.3 Å². The largest absolute Gasteiger partial charge is 0.435 e. The maximum absolute atomic E-state index is 13.5. The molecule has 0 unspecified atom stereocenters. The van der Waals surface area contributed by atoms with Gasteiger partial charge in [-0.15, -0.1) is 0 Å². The summed E-state index contributed by atoms with van der Waals surface area (Å²) in [5.74, 6) is -0.857. The van der Waals surface area contributed by atoms with E-state index in [1.165, 1.54) is 12.3 Å². The first-order valence-electron chi connectivity index (χ1n) is 10.3. The molecule has 0 fully saturated rings. The number of amides is 1. The van der Waals surface area contributed by atoms with E-state index < -0.39 is 35.2 Å². The highest BCUT2D eigenvalue weighted by Crippen LogP contribution is 2.39. The summed E-state index contributed by atoms with van der Waals surface area (Å²) in [6.07, 6.45) is -6.78. The van der Waals surface area contributed by atoms with E-state index in [9.17, 15) is 31.1 Å². The molecule has 0 saturated heterocycles. The van der Waals surface area contributed by atoms with Gasteiger partial charge >= 0.3 is 12.4 Å². The lowest BCUT2D eigenvalue weighted by atomic mass is 10.0. The molecule has 35 heavy (non-hydrogen) atoms. The van der Waals surface area contributed by atoms with Crippen LogP contribution in [0.25, 0.3) is 11.3 Å². The number of anilines is 3. The van der Waals surface area contributed by atoms with E-state index in [0.717, 1.165) is 24.4 Å². The van der Waals surface area contributed by atoms with Crippen molar-refractivity contribution < 1.29 is 36.2 Å². The van der Waals surface area contributed by atoms with Gasteiger partial charge in [-0.1, -0.05) is 6.07 Å². The Morgan fingerprint density at radius 1 is 1.03 bits per heavy atom. The van der Waals surface area contributed by atoms with E-state index in [-0.39, 0.29) is 47.9 Å². The number of nitrogens with one attached hydrogen (secondary N) is 2. The maximum Gasteiger partial charge on any atom is 0.435 e. The van der Waals surface area contributed by atoms with Crippen molar-refractivity contribution in [1.29, 1.82) is 0 Å². The second-order valence-electron chi connectivity index (χ2n) is 7.74. The van der Waals surface area contributed by atoms with Gasteiger partial charge < -0.3 is 15.7 Å². The molecule has 2 aromatic heterocycles. The van der Waals surface area contributed by atoms with E-state index in [2.05, 4.69) is 25.6 Å². The molecule has 0 radical (unpaired) electrons. The summed E-state index contributed by atoms with van der Waals surface area (Å²) in [5.41, 5.74) is -1.76. The average molecular weight is 497 g/mol. The number of benzene rings is 1. The number of hydrogen-bond acceptors (Lipinski definition) is 6. The van der Waals surface area contributed by atoms with Gasteiger partial charge in [0.05, 0.1) is 29.1 Å². The Kier molecular flexibility index (Phi) is 6.36. The van der Waals surface area contributed by atoms with E-state index in [0.29, 0.717) is 12.0 Å². The zero-order valence-corrected chi connectivity index (χ0v) is 17.8. The molecule has 1 amide bonds. The highest BCUT2D eigenvalue weighted by Gasteiger charge is 2.36. The summed E-state index contributed by atoms with van der Waals surface area (Å²) < 4.78 is 80.0. The highest BCUT2D eigenvalue weighted by molar-refractivity contribution is 6.00. The normalized spacial score (nSPS) is 13.5. The first kappa shape index (κ1) is 24.4. The molecule has 1 aliphatic heterocycles. The van der Waals surface area contributed by atoms with Crippen molar-refractivity contribution in [2.75, 3.05) is 17.2 Å². The Balaban J connectivity index is 1.77. The van der Waals surface area contributed by atoms with Crippen molar-refractivity contribution in [3.63, 3.8) is 0 Å². The zero-order chi connectivity index (χ0) is 25.4. The molecule has 0 bridgehead atoms. The molecule has 3 N–H and O–H groups in total. The van der Waals surface area contributed by atoms with Crippen LogP contribution in [0, 0.1) is 0 Å². The Morgan fingerprint density at radius 3 is 2.49 bits per heavy atom. The number of carbonyl (C=O) groups excluding carboxylic acids is 1. The van der Waals surface area contributed by atoms with Crippen LogP contribution < -0.4 is 10.6 Å². The van der Waals surface area contributed by atoms with Crippen LogP contribution in [-0.4, -0.2) is 32.6 Å². The third-order valence-electron chi connectivity index (χ3n) is 5.17. The van der Waals surface area contributed by atoms with E-state index in [1.54, 1.807) is 0 Å². The fourth-order valence-electron chi connectivity index (χ4n) is 3.60. The predicted octanol–water partition coefficient (Wildman–Crippen LogP) is 4.74. The van der Waals surface area contributed by atoms with Gasteiger partial charge in [0.15, 0.2) is 5.69 Å². The smallest absolute Gasteiger partial charge is 0.396 e. The number of rotatable bonds is 5. The van der Waals surface area contributed by atoms with E-state index >= 15 is 0 Å². The number of carbonyl (C=O) groups is 1. The molecule has 4 rings (SSSR count). The topological polar surface area (TPSA) is 100 Å². The molecule has 1 aromatic carbocycles. The number of pyridine rings is 1. The first-order valence-corrected chi connectivity index (χ1v) is 10.3. The van der Waals surface area contributed by atoms with Crippen LogP contribution in [0.1, 0.15) is 28.8 Å². The first-order chi connectivity index (χ1) is 16.5. The van der Waals surface area contributed by atoms with Crippen LogP contribution in [0.4, 0.5) is 43.7 Å². The van der Waals surface area contributed by atoms with E-state index in [4.69, 9.17) is 5.11 Å². The summed E-state index contributed by atoms with van der Waals surface area (Å²) in [5, 5.41) is 13.9. The molecule has 0 aliphatic carbocycles. The standard InChI is InChI=1S/C22H17F6N5O2/c23-21(24,25)13-3-4-14-15(8-13)31-17(35)7-12-10-30-20(33-18(12)14)32-16-6-11(2-1-5-34)9-29-19(16)22(26,27)28/h3-4,6,8-10,34H,1-2,5,7H2,(H,31,35)(H,30,32,33). The van der Waals surface area contributed by atoms with Crippen molar-refractivity contribution >= 4 is 23.2 Å². The quantitative estimate of drug-likeness (QED) is 0.441. The van der Waals surface area contributed by atoms with Gasteiger partial charge in [-0.05, 0) is 36.6 Å². The summed E-state index contributed by atoms with van der Waals surface area (Å²) in [7, 11) is 0. The second kappa shape index (κ2) is 9.13. The molecule has 0 spiro atoms. The number of aryl methyl sites for hydroxylation is 1. The number of fused-ring (bicyclic) bond motifs is 3. The highest BCUT2D eigenvalue weighted by atomic mass is 19.4. The van der Waals surface area contributed by atoms with Crippen molar-refractivity contribution in [3.05, 3.63) is 59.0 Å². The fraction of sp³-hybridized carbons (Fsp3) is 0.273. The SMILES string of the molecule is O=C1Cc2cnc(Nc3cc(CCCO)cnc3C(F)(F)F)nc2-c2ccc(C(F)(F)F)cc2N1. The number of nitrogens with zero attached hydrogens (tertiary/aromatic N) is 3. The molecule has 184 valence electrons. The third kappa shape index (κ3) is 5.34. The van der Waals surface area contributed by atoms with Crippen LogP contribution in [-0.2, 0) is 30.0 Å². The second-order valence-corrected chi connectivity index (χ2v) is 7.74. The number of aliphatic hydroxyl groups is 1. The molecule has 7 nitrogen and oxygen atoms in total. The number of hydrogen-bond donors (Lipinski definition) is 3. The van der Waals surface area contributed by atoms with Crippen LogP contribution in [0.15, 0.2) is 36.7 Å². The summed E-state index contributed by atoms with van der Waals surface area (Å²) in [4.78, 5) is 23.9. The lowest BCUT2D eigenvalue weighted by Gasteiger charge is -2.16. The number of alkyl halides is 6. The molecule has 13 heteroatoms. The van der Waals surface area contributed by atoms with Crippen LogP contribution >= 0.6 is 0 Å². The Labute approximate surface area is 194 Å². The molecular weight excluding hydrogens is 480 g/mol. The van der Waals surface area contributed by atoms with Gasteiger partial charge in [0.2, 0.25) is 11.9 Å². The number of halogens is 6. The van der Waals surface area contributed by atoms with Gasteiger partial charge in [0.25, 0.3) is 0 Å². The lowest BCUT2D eigenvalue weighted by Crippen LogP contribution is -2.14. The molecule has 0 saturated carbocycles. The Morgan fingerprint density at radius 2 is 1.80 bits per heavy atom. The maximum atomic E-state index is 13.5. The molecule has 3 aromatic rings. The van der Waals surface area contributed by atoms with Crippen molar-refractivity contribution in [2.24, 2.45) is 0 Å². The summed E-state index contributed by atoms with van der Waals surface area (Å²) in [6, 6.07) is 3.95. The van der Waals surface area contributed by atoms with Gasteiger partial charge in [0.1, 0.15) is 0 Å². The van der Waals surface area contributed by atoms with Gasteiger partial charge in [-0.3, -0.25) is 4.79 Å². The number of aliphatic hydroxyl groups excluding tert-OH is 1. The monoisotopic (exact) mass is 497 g/mol. The minimum absolute atomic E-state index is 0.0996. The van der Waals surface area contributed by atoms with E-state index in [1.807, 2.05) is 0 Å². The van der Waals surface area contributed by atoms with Crippen LogP contribution in [0.5, 0.6) is 0 Å². The third-order valence-corrected chi connectivity index (χ3v) is 5.17. The van der Waals surface area contributed by atoms with Gasteiger partial charge in [-0.25, -0.2) is 15.0 Å². The molecule has 1 aliphatic rings. The zero-order valence-electron chi connectivity index (χ0n) is 17.8. The van der Waals surface area contributed by atoms with Crippen molar-refractivity contribution in [1.82, 2.24) is 15.0 Å². The van der Waals surface area contributed by atoms with Crippen molar-refractivity contribution in [3.8, 4) is 11.3 Å².